The van der Waals surface area contributed by atoms with E-state index in [4.69, 9.17) is 5.11 Å². The maximum absolute atomic E-state index is 10.6. The van der Waals surface area contributed by atoms with Crippen LogP contribution in [-0.2, 0) is 4.79 Å². The van der Waals surface area contributed by atoms with Crippen LogP contribution in [0.2, 0.25) is 0 Å². The average molecular weight is 173 g/mol. The molecule has 0 fully saturated rings. The molecule has 3 nitrogen and oxygen atoms in total. The molecule has 0 saturated carbocycles. The van der Waals surface area contributed by atoms with Crippen molar-refractivity contribution in [1.29, 1.82) is 0 Å². The van der Waals surface area contributed by atoms with Crippen LogP contribution in [0.4, 0.5) is 0 Å². The smallest absolute Gasteiger partial charge is 0.306 e. The van der Waals surface area contributed by atoms with E-state index in [0.29, 0.717) is 6.42 Å². The second-order valence-corrected chi connectivity index (χ2v) is 4.15. The molecule has 0 aromatic rings. The van der Waals surface area contributed by atoms with Crippen molar-refractivity contribution < 1.29 is 9.90 Å². The van der Waals surface area contributed by atoms with E-state index >= 15 is 0 Å². The lowest BCUT2D eigenvalue weighted by molar-refractivity contribution is -0.142. The zero-order valence-electron chi connectivity index (χ0n) is 8.59. The van der Waals surface area contributed by atoms with Crippen molar-refractivity contribution >= 4 is 5.97 Å². The lowest BCUT2D eigenvalue weighted by atomic mass is 9.91. The standard InChI is InChI=1S/C9H19NO2/c1-7(8(11)12)6-9(2,3)10(4)5/h7H,6H2,1-5H3,(H,11,12). The van der Waals surface area contributed by atoms with Crippen LogP contribution in [0.15, 0.2) is 0 Å². The van der Waals surface area contributed by atoms with Gasteiger partial charge in [-0.3, -0.25) is 4.79 Å². The highest BCUT2D eigenvalue weighted by molar-refractivity contribution is 5.69. The third-order valence-corrected chi connectivity index (χ3v) is 2.44. The van der Waals surface area contributed by atoms with Crippen LogP contribution in [0, 0.1) is 5.92 Å². The number of hydrogen-bond acceptors (Lipinski definition) is 2. The molecule has 1 N–H and O–H groups in total. The Morgan fingerprint density at radius 3 is 2.17 bits per heavy atom. The largest absolute Gasteiger partial charge is 0.481 e. The summed E-state index contributed by atoms with van der Waals surface area (Å²) in [6.45, 7) is 5.84. The minimum absolute atomic E-state index is 0.0438. The summed E-state index contributed by atoms with van der Waals surface area (Å²) in [6, 6.07) is 0. The summed E-state index contributed by atoms with van der Waals surface area (Å²) in [5.74, 6) is -0.993. The summed E-state index contributed by atoms with van der Waals surface area (Å²) < 4.78 is 0. The predicted octanol–water partition coefficient (Wildman–Crippen LogP) is 1.44. The van der Waals surface area contributed by atoms with Crippen molar-refractivity contribution in [1.82, 2.24) is 4.90 Å². The Morgan fingerprint density at radius 2 is 1.92 bits per heavy atom. The van der Waals surface area contributed by atoms with E-state index in [1.54, 1.807) is 6.92 Å². The molecule has 0 aromatic carbocycles. The molecule has 1 atom stereocenters. The van der Waals surface area contributed by atoms with Crippen LogP contribution in [0.1, 0.15) is 27.2 Å². The van der Waals surface area contributed by atoms with Crippen molar-refractivity contribution in [3.05, 3.63) is 0 Å². The van der Waals surface area contributed by atoms with Crippen LogP contribution >= 0.6 is 0 Å². The molecule has 0 bridgehead atoms. The highest BCUT2D eigenvalue weighted by Crippen LogP contribution is 2.20. The van der Waals surface area contributed by atoms with Gasteiger partial charge in [0.1, 0.15) is 0 Å². The number of hydrogen-bond donors (Lipinski definition) is 1. The van der Waals surface area contributed by atoms with Gasteiger partial charge in [0.2, 0.25) is 0 Å². The fourth-order valence-electron chi connectivity index (χ4n) is 1.02. The molecule has 0 amide bonds. The van der Waals surface area contributed by atoms with Gasteiger partial charge in [0.15, 0.2) is 0 Å². The Hall–Kier alpha value is -0.570. The van der Waals surface area contributed by atoms with Gasteiger partial charge in [-0.05, 0) is 34.4 Å². The molecule has 72 valence electrons. The Kier molecular flexibility index (Phi) is 3.71. The van der Waals surface area contributed by atoms with Crippen LogP contribution in [0.25, 0.3) is 0 Å². The molecule has 0 rings (SSSR count). The van der Waals surface area contributed by atoms with E-state index in [1.807, 2.05) is 32.8 Å². The Labute approximate surface area is 74.4 Å². The third kappa shape index (κ3) is 3.22. The lowest BCUT2D eigenvalue weighted by Crippen LogP contribution is -2.40. The summed E-state index contributed by atoms with van der Waals surface area (Å²) in [4.78, 5) is 12.6. The summed E-state index contributed by atoms with van der Waals surface area (Å²) in [5, 5.41) is 8.71. The zero-order valence-corrected chi connectivity index (χ0v) is 8.59. The van der Waals surface area contributed by atoms with Crippen molar-refractivity contribution in [3.63, 3.8) is 0 Å². The van der Waals surface area contributed by atoms with E-state index in [0.717, 1.165) is 0 Å². The number of aliphatic carboxylic acids is 1. The van der Waals surface area contributed by atoms with E-state index in [9.17, 15) is 4.79 Å². The molecule has 0 aliphatic rings. The van der Waals surface area contributed by atoms with E-state index in [2.05, 4.69) is 0 Å². The summed E-state index contributed by atoms with van der Waals surface area (Å²) in [7, 11) is 3.93. The van der Waals surface area contributed by atoms with Crippen molar-refractivity contribution in [2.24, 2.45) is 5.92 Å². The molecular formula is C9H19NO2. The first-order chi connectivity index (χ1) is 5.27. The monoisotopic (exact) mass is 173 g/mol. The average Bonchev–Trinajstić information content (AvgIpc) is 1.85. The van der Waals surface area contributed by atoms with Gasteiger partial charge in [-0.15, -0.1) is 0 Å². The molecule has 3 heteroatoms. The maximum Gasteiger partial charge on any atom is 0.306 e. The van der Waals surface area contributed by atoms with Crippen LogP contribution in [0.3, 0.4) is 0 Å². The quantitative estimate of drug-likeness (QED) is 0.699. The predicted molar refractivity (Wildman–Crippen MR) is 49.2 cm³/mol. The van der Waals surface area contributed by atoms with Gasteiger partial charge in [0.25, 0.3) is 0 Å². The van der Waals surface area contributed by atoms with Gasteiger partial charge in [0.05, 0.1) is 5.92 Å². The zero-order chi connectivity index (χ0) is 9.94. The minimum atomic E-state index is -0.718. The topological polar surface area (TPSA) is 40.5 Å². The summed E-state index contributed by atoms with van der Waals surface area (Å²) >= 11 is 0. The fraction of sp³-hybridized carbons (Fsp3) is 0.889. The van der Waals surface area contributed by atoms with Crippen molar-refractivity contribution in [3.8, 4) is 0 Å². The molecule has 0 aromatic heterocycles. The molecule has 12 heavy (non-hydrogen) atoms. The highest BCUT2D eigenvalue weighted by atomic mass is 16.4. The molecule has 0 aliphatic heterocycles. The van der Waals surface area contributed by atoms with Crippen LogP contribution in [-0.4, -0.2) is 35.6 Å². The van der Waals surface area contributed by atoms with E-state index in [-0.39, 0.29) is 11.5 Å². The van der Waals surface area contributed by atoms with Gasteiger partial charge >= 0.3 is 5.97 Å². The van der Waals surface area contributed by atoms with Gasteiger partial charge in [-0.2, -0.15) is 0 Å². The van der Waals surface area contributed by atoms with E-state index < -0.39 is 5.97 Å². The first-order valence-electron chi connectivity index (χ1n) is 4.17. The van der Waals surface area contributed by atoms with Gasteiger partial charge in [0, 0.05) is 5.54 Å². The highest BCUT2D eigenvalue weighted by Gasteiger charge is 2.26. The number of carboxylic acid groups (broad SMARTS) is 1. The van der Waals surface area contributed by atoms with Crippen LogP contribution < -0.4 is 0 Å². The first-order valence-corrected chi connectivity index (χ1v) is 4.17. The molecule has 0 saturated heterocycles. The molecule has 0 radical (unpaired) electrons. The van der Waals surface area contributed by atoms with Gasteiger partial charge in [-0.25, -0.2) is 0 Å². The Bertz CT molecular complexity index is 164. The SMILES string of the molecule is CC(CC(C)(C)N(C)C)C(=O)O. The molecule has 0 heterocycles. The van der Waals surface area contributed by atoms with Gasteiger partial charge < -0.3 is 10.0 Å². The first kappa shape index (κ1) is 11.4. The molecular weight excluding hydrogens is 154 g/mol. The van der Waals surface area contributed by atoms with Crippen molar-refractivity contribution in [2.45, 2.75) is 32.7 Å². The van der Waals surface area contributed by atoms with Crippen LogP contribution in [0.5, 0.6) is 0 Å². The minimum Gasteiger partial charge on any atom is -0.481 e. The summed E-state index contributed by atoms with van der Waals surface area (Å²) in [6.07, 6.45) is 0.676. The Balaban J connectivity index is 4.15. The fourth-order valence-corrected chi connectivity index (χ4v) is 1.02. The third-order valence-electron chi connectivity index (χ3n) is 2.44. The molecule has 0 spiro atoms. The molecule has 1 unspecified atom stereocenters. The number of nitrogens with zero attached hydrogens (tertiary/aromatic N) is 1. The summed E-state index contributed by atoms with van der Waals surface area (Å²) in [5.41, 5.74) is -0.0438. The van der Waals surface area contributed by atoms with E-state index in [1.165, 1.54) is 0 Å². The second-order valence-electron chi connectivity index (χ2n) is 4.15. The Morgan fingerprint density at radius 1 is 1.50 bits per heavy atom. The maximum atomic E-state index is 10.6. The number of carbonyl (C=O) groups is 1. The normalized spacial score (nSPS) is 14.8. The van der Waals surface area contributed by atoms with Crippen molar-refractivity contribution in [2.75, 3.05) is 14.1 Å². The number of carboxylic acids is 1. The second kappa shape index (κ2) is 3.90. The molecule has 0 aliphatic carbocycles. The number of rotatable bonds is 4. The lowest BCUT2D eigenvalue weighted by Gasteiger charge is -2.33. The van der Waals surface area contributed by atoms with Gasteiger partial charge in [-0.1, -0.05) is 6.92 Å².